The maximum atomic E-state index is 12.5. The first-order valence-corrected chi connectivity index (χ1v) is 9.99. The van der Waals surface area contributed by atoms with Crippen LogP contribution in [0.1, 0.15) is 17.2 Å². The third-order valence-electron chi connectivity index (χ3n) is 4.59. The van der Waals surface area contributed by atoms with E-state index in [0.717, 1.165) is 30.1 Å². The highest BCUT2D eigenvalue weighted by atomic mass is 32.2. The number of hydrogen-bond acceptors (Lipinski definition) is 6. The number of rotatable bonds is 8. The zero-order chi connectivity index (χ0) is 19.3. The number of carbonyl (C=O) groups is 1. The Morgan fingerprint density at radius 1 is 1.33 bits per heavy atom. The van der Waals surface area contributed by atoms with Crippen molar-refractivity contribution < 1.29 is 9.53 Å². The van der Waals surface area contributed by atoms with Gasteiger partial charge in [-0.2, -0.15) is 0 Å². The second-order valence-corrected chi connectivity index (χ2v) is 8.13. The molecule has 1 aromatic heterocycles. The van der Waals surface area contributed by atoms with Crippen molar-refractivity contribution >= 4 is 17.7 Å². The first-order valence-electron chi connectivity index (χ1n) is 9.00. The molecule has 7 heteroatoms. The van der Waals surface area contributed by atoms with Crippen LogP contribution in [0.3, 0.4) is 0 Å². The molecule has 1 saturated heterocycles. The fourth-order valence-corrected chi connectivity index (χ4v) is 4.53. The molecule has 2 heterocycles. The molecular formula is C20H26N4O2S. The van der Waals surface area contributed by atoms with E-state index in [1.165, 1.54) is 0 Å². The van der Waals surface area contributed by atoms with Crippen LogP contribution in [0, 0.1) is 0 Å². The molecule has 0 bridgehead atoms. The van der Waals surface area contributed by atoms with Crippen molar-refractivity contribution in [2.24, 2.45) is 5.73 Å². The Morgan fingerprint density at radius 2 is 2.11 bits per heavy atom. The van der Waals surface area contributed by atoms with Crippen molar-refractivity contribution in [2.45, 2.75) is 10.8 Å². The van der Waals surface area contributed by atoms with Crippen molar-refractivity contribution in [2.75, 3.05) is 39.5 Å². The summed E-state index contributed by atoms with van der Waals surface area (Å²) in [6.45, 7) is 2.17. The Morgan fingerprint density at radius 3 is 2.67 bits per heavy atom. The molecule has 1 fully saturated rings. The van der Waals surface area contributed by atoms with E-state index < -0.39 is 4.87 Å². The summed E-state index contributed by atoms with van der Waals surface area (Å²) in [4.78, 5) is 18.3. The number of benzene rings is 1. The van der Waals surface area contributed by atoms with Gasteiger partial charge in [-0.05, 0) is 31.8 Å². The van der Waals surface area contributed by atoms with E-state index in [2.05, 4.69) is 15.2 Å². The highest BCUT2D eigenvalue weighted by Gasteiger charge is 2.49. The molecule has 2 aromatic rings. The minimum absolute atomic E-state index is 0.278. The topological polar surface area (TPSA) is 80.5 Å². The van der Waals surface area contributed by atoms with Crippen molar-refractivity contribution in [1.82, 2.24) is 15.2 Å². The Bertz CT molecular complexity index is 746. The quantitative estimate of drug-likeness (QED) is 0.718. The molecule has 1 aliphatic rings. The fraction of sp³-hybridized carbons (Fsp3) is 0.400. The molecule has 0 radical (unpaired) electrons. The number of primary amides is 1. The predicted molar refractivity (Wildman–Crippen MR) is 109 cm³/mol. The number of nitrogens with zero attached hydrogens (tertiary/aromatic N) is 2. The Kier molecular flexibility index (Phi) is 6.36. The zero-order valence-corrected chi connectivity index (χ0v) is 16.5. The van der Waals surface area contributed by atoms with E-state index in [1.807, 2.05) is 56.6 Å². The maximum Gasteiger partial charge on any atom is 0.249 e. The Balaban J connectivity index is 1.91. The third-order valence-corrected chi connectivity index (χ3v) is 6.03. The molecule has 2 unspecified atom stereocenters. The summed E-state index contributed by atoms with van der Waals surface area (Å²) in [6, 6.07) is 13.8. The first kappa shape index (κ1) is 19.7. The average Bonchev–Trinajstić information content (AvgIpc) is 3.15. The SMILES string of the molecule is CN(C)CCOc1ccc(C(c2ccccc2)C2(C(N)=O)NCCS2)nc1. The molecule has 27 heavy (non-hydrogen) atoms. The Labute approximate surface area is 164 Å². The number of ether oxygens (including phenoxy) is 1. The molecule has 0 spiro atoms. The largest absolute Gasteiger partial charge is 0.491 e. The molecule has 3 N–H and O–H groups in total. The summed E-state index contributed by atoms with van der Waals surface area (Å²) in [5.74, 6) is 0.900. The van der Waals surface area contributed by atoms with Crippen LogP contribution < -0.4 is 15.8 Å². The summed E-state index contributed by atoms with van der Waals surface area (Å²) < 4.78 is 5.74. The van der Waals surface area contributed by atoms with Crippen LogP contribution >= 0.6 is 11.8 Å². The van der Waals surface area contributed by atoms with Gasteiger partial charge in [-0.25, -0.2) is 0 Å². The van der Waals surface area contributed by atoms with Gasteiger partial charge >= 0.3 is 0 Å². The van der Waals surface area contributed by atoms with Gasteiger partial charge in [0.1, 0.15) is 12.4 Å². The van der Waals surface area contributed by atoms with Gasteiger partial charge < -0.3 is 15.4 Å². The third kappa shape index (κ3) is 4.43. The minimum Gasteiger partial charge on any atom is -0.491 e. The van der Waals surface area contributed by atoms with E-state index in [-0.39, 0.29) is 11.8 Å². The second kappa shape index (κ2) is 8.73. The number of likely N-dealkylation sites (N-methyl/N-ethyl adjacent to an activating group) is 1. The van der Waals surface area contributed by atoms with Crippen LogP contribution in [-0.2, 0) is 4.79 Å². The molecule has 0 aliphatic carbocycles. The highest BCUT2D eigenvalue weighted by Crippen LogP contribution is 2.43. The van der Waals surface area contributed by atoms with Crippen LogP contribution in [0.5, 0.6) is 5.75 Å². The number of hydrogen-bond donors (Lipinski definition) is 2. The summed E-state index contributed by atoms with van der Waals surface area (Å²) in [5, 5.41) is 3.34. The lowest BCUT2D eigenvalue weighted by Crippen LogP contribution is -2.54. The molecular weight excluding hydrogens is 360 g/mol. The number of nitrogens with two attached hydrogens (primary N) is 1. The summed E-state index contributed by atoms with van der Waals surface area (Å²) in [6.07, 6.45) is 1.72. The number of pyridine rings is 1. The van der Waals surface area contributed by atoms with E-state index in [4.69, 9.17) is 10.5 Å². The lowest BCUT2D eigenvalue weighted by molar-refractivity contribution is -0.121. The summed E-state index contributed by atoms with van der Waals surface area (Å²) in [5.41, 5.74) is 7.65. The molecule has 2 atom stereocenters. The summed E-state index contributed by atoms with van der Waals surface area (Å²) >= 11 is 1.55. The van der Waals surface area contributed by atoms with Gasteiger partial charge in [0.25, 0.3) is 0 Å². The standard InChI is InChI=1S/C20H26N4O2S/c1-24(2)11-12-26-16-8-9-17(22-14-16)18(15-6-4-3-5-7-15)20(19(21)25)23-10-13-27-20/h3-9,14,18,23H,10-13H2,1-2H3,(H2,21,25). The van der Waals surface area contributed by atoms with Gasteiger partial charge in [-0.1, -0.05) is 30.3 Å². The zero-order valence-electron chi connectivity index (χ0n) is 15.7. The van der Waals surface area contributed by atoms with Gasteiger partial charge in [-0.15, -0.1) is 11.8 Å². The van der Waals surface area contributed by atoms with Gasteiger partial charge in [0.05, 0.1) is 17.8 Å². The molecule has 1 aromatic carbocycles. The van der Waals surface area contributed by atoms with Gasteiger partial charge in [0.2, 0.25) is 5.91 Å². The van der Waals surface area contributed by atoms with Crippen LogP contribution in [0.15, 0.2) is 48.7 Å². The van der Waals surface area contributed by atoms with Crippen LogP contribution in [0.4, 0.5) is 0 Å². The molecule has 1 aliphatic heterocycles. The second-order valence-electron chi connectivity index (χ2n) is 6.79. The molecule has 144 valence electrons. The lowest BCUT2D eigenvalue weighted by Gasteiger charge is -2.34. The highest BCUT2D eigenvalue weighted by molar-refractivity contribution is 8.01. The molecule has 6 nitrogen and oxygen atoms in total. The van der Waals surface area contributed by atoms with Gasteiger partial charge in [0, 0.05) is 18.8 Å². The number of amides is 1. The predicted octanol–water partition coefficient (Wildman–Crippen LogP) is 1.67. The Hall–Kier alpha value is -2.09. The van der Waals surface area contributed by atoms with E-state index >= 15 is 0 Å². The molecule has 1 amide bonds. The fourth-order valence-electron chi connectivity index (χ4n) is 3.24. The number of nitrogens with one attached hydrogen (secondary N) is 1. The van der Waals surface area contributed by atoms with Crippen molar-refractivity contribution in [1.29, 1.82) is 0 Å². The lowest BCUT2D eigenvalue weighted by atomic mass is 9.86. The number of thioether (sulfide) groups is 1. The van der Waals surface area contributed by atoms with Crippen LogP contribution in [0.2, 0.25) is 0 Å². The van der Waals surface area contributed by atoms with Gasteiger partial charge in [-0.3, -0.25) is 15.1 Å². The van der Waals surface area contributed by atoms with Crippen molar-refractivity contribution in [3.05, 3.63) is 59.9 Å². The maximum absolute atomic E-state index is 12.5. The number of carbonyl (C=O) groups excluding carboxylic acids is 1. The van der Waals surface area contributed by atoms with Crippen molar-refractivity contribution in [3.63, 3.8) is 0 Å². The van der Waals surface area contributed by atoms with Gasteiger partial charge in [0.15, 0.2) is 4.87 Å². The van der Waals surface area contributed by atoms with Crippen molar-refractivity contribution in [3.8, 4) is 5.75 Å². The summed E-state index contributed by atoms with van der Waals surface area (Å²) in [7, 11) is 4.01. The molecule has 0 saturated carbocycles. The van der Waals surface area contributed by atoms with E-state index in [1.54, 1.807) is 18.0 Å². The van der Waals surface area contributed by atoms with Crippen LogP contribution in [-0.4, -0.2) is 60.2 Å². The smallest absolute Gasteiger partial charge is 0.249 e. The number of aromatic nitrogens is 1. The normalized spacial score (nSPS) is 20.6. The monoisotopic (exact) mass is 386 g/mol. The first-order chi connectivity index (χ1) is 13.0. The van der Waals surface area contributed by atoms with Crippen LogP contribution in [0.25, 0.3) is 0 Å². The van der Waals surface area contributed by atoms with E-state index in [9.17, 15) is 4.79 Å². The molecule has 3 rings (SSSR count). The average molecular weight is 387 g/mol. The minimum atomic E-state index is -0.901. The van der Waals surface area contributed by atoms with E-state index in [0.29, 0.717) is 12.4 Å².